The lowest BCUT2D eigenvalue weighted by molar-refractivity contribution is -0.117. The average molecular weight is 522 g/mol. The SMILES string of the molecule is NCCCN(Cc1cccc(-c2ccc(N3CCOCC3)c(NC(=O)C3CC3)c2)c1)C(=O)N1CCOCC1. The molecular weight excluding hydrogens is 482 g/mol. The monoisotopic (exact) mass is 521 g/mol. The number of nitrogens with one attached hydrogen (secondary N) is 1. The van der Waals surface area contributed by atoms with E-state index in [0.717, 1.165) is 60.4 Å². The van der Waals surface area contributed by atoms with Crippen LogP contribution in [-0.4, -0.2) is 87.4 Å². The van der Waals surface area contributed by atoms with E-state index in [1.54, 1.807) is 0 Å². The Morgan fingerprint density at radius 1 is 0.947 bits per heavy atom. The van der Waals surface area contributed by atoms with Crippen LogP contribution in [0, 0.1) is 5.92 Å². The van der Waals surface area contributed by atoms with Crippen LogP contribution in [0.2, 0.25) is 0 Å². The summed E-state index contributed by atoms with van der Waals surface area (Å²) in [5, 5.41) is 3.20. The Morgan fingerprint density at radius 3 is 2.37 bits per heavy atom. The van der Waals surface area contributed by atoms with Crippen LogP contribution in [0.5, 0.6) is 0 Å². The van der Waals surface area contributed by atoms with Gasteiger partial charge in [0.05, 0.1) is 37.8 Å². The first-order valence-corrected chi connectivity index (χ1v) is 13.8. The predicted octanol–water partition coefficient (Wildman–Crippen LogP) is 3.14. The van der Waals surface area contributed by atoms with E-state index >= 15 is 0 Å². The van der Waals surface area contributed by atoms with E-state index in [9.17, 15) is 9.59 Å². The van der Waals surface area contributed by atoms with Gasteiger partial charge in [0.25, 0.3) is 0 Å². The van der Waals surface area contributed by atoms with Crippen LogP contribution in [0.4, 0.5) is 16.2 Å². The summed E-state index contributed by atoms with van der Waals surface area (Å²) >= 11 is 0. The quantitative estimate of drug-likeness (QED) is 0.526. The second kappa shape index (κ2) is 12.6. The van der Waals surface area contributed by atoms with Crippen molar-refractivity contribution in [3.8, 4) is 11.1 Å². The van der Waals surface area contributed by atoms with Crippen molar-refractivity contribution in [3.63, 3.8) is 0 Å². The maximum Gasteiger partial charge on any atom is 0.320 e. The van der Waals surface area contributed by atoms with Crippen LogP contribution in [-0.2, 0) is 20.8 Å². The number of anilines is 2. The number of carbonyl (C=O) groups excluding carboxylic acids is 2. The number of carbonyl (C=O) groups is 2. The summed E-state index contributed by atoms with van der Waals surface area (Å²) in [4.78, 5) is 32.0. The van der Waals surface area contributed by atoms with Crippen LogP contribution in [0.1, 0.15) is 24.8 Å². The molecule has 9 nitrogen and oxygen atoms in total. The van der Waals surface area contributed by atoms with E-state index in [1.165, 1.54) is 0 Å². The molecule has 5 rings (SSSR count). The summed E-state index contributed by atoms with van der Waals surface area (Å²) in [7, 11) is 0. The van der Waals surface area contributed by atoms with Crippen LogP contribution >= 0.6 is 0 Å². The van der Waals surface area contributed by atoms with Gasteiger partial charge in [-0.3, -0.25) is 4.79 Å². The van der Waals surface area contributed by atoms with Crippen LogP contribution in [0.3, 0.4) is 0 Å². The molecule has 38 heavy (non-hydrogen) atoms. The van der Waals surface area contributed by atoms with Crippen molar-refractivity contribution in [3.05, 3.63) is 48.0 Å². The second-order valence-electron chi connectivity index (χ2n) is 10.2. The van der Waals surface area contributed by atoms with Gasteiger partial charge in [0.2, 0.25) is 5.91 Å². The summed E-state index contributed by atoms with van der Waals surface area (Å²) in [5.74, 6) is 0.227. The Kier molecular flexibility index (Phi) is 8.78. The fourth-order valence-electron chi connectivity index (χ4n) is 5.02. The first kappa shape index (κ1) is 26.5. The highest BCUT2D eigenvalue weighted by Crippen LogP contribution is 2.35. The van der Waals surface area contributed by atoms with E-state index in [-0.39, 0.29) is 17.9 Å². The third-order valence-electron chi connectivity index (χ3n) is 7.37. The fraction of sp³-hybridized carbons (Fsp3) is 0.517. The molecule has 1 saturated carbocycles. The molecule has 2 heterocycles. The normalized spacial score (nSPS) is 17.8. The number of morpholine rings is 2. The molecule has 3 fully saturated rings. The molecule has 1 aliphatic carbocycles. The molecule has 2 saturated heterocycles. The number of hydrogen-bond donors (Lipinski definition) is 2. The zero-order valence-corrected chi connectivity index (χ0v) is 22.1. The zero-order chi connectivity index (χ0) is 26.3. The minimum absolute atomic E-state index is 0.0343. The minimum atomic E-state index is 0.0343. The number of nitrogens with two attached hydrogens (primary N) is 1. The lowest BCUT2D eigenvalue weighted by Gasteiger charge is -2.33. The third-order valence-corrected chi connectivity index (χ3v) is 7.37. The number of ether oxygens (including phenoxy) is 2. The average Bonchev–Trinajstić information content (AvgIpc) is 3.82. The van der Waals surface area contributed by atoms with Crippen LogP contribution < -0.4 is 16.0 Å². The lowest BCUT2D eigenvalue weighted by Crippen LogP contribution is -2.48. The standard InChI is InChI=1S/C29H39N5O4/c30-9-2-10-34(29(36)33-13-17-38-18-14-33)21-22-3-1-4-24(19-22)25-7-8-27(32-11-15-37-16-12-32)26(20-25)31-28(35)23-5-6-23/h1,3-4,7-8,19-20,23H,2,5-6,9-18,21,30H2,(H,31,35). The lowest BCUT2D eigenvalue weighted by atomic mass is 10.0. The Hall–Kier alpha value is -3.14. The third kappa shape index (κ3) is 6.64. The summed E-state index contributed by atoms with van der Waals surface area (Å²) in [6.45, 7) is 7.02. The molecule has 0 radical (unpaired) electrons. The minimum Gasteiger partial charge on any atom is -0.378 e. The molecule has 3 aliphatic rings. The molecule has 3 amide bonds. The van der Waals surface area contributed by atoms with Gasteiger partial charge < -0.3 is 35.2 Å². The highest BCUT2D eigenvalue weighted by Gasteiger charge is 2.30. The number of hydrogen-bond acceptors (Lipinski definition) is 6. The molecule has 2 aromatic rings. The van der Waals surface area contributed by atoms with Crippen molar-refractivity contribution in [1.29, 1.82) is 0 Å². The molecular formula is C29H39N5O4. The predicted molar refractivity (Wildman–Crippen MR) is 148 cm³/mol. The van der Waals surface area contributed by atoms with E-state index in [1.807, 2.05) is 15.9 Å². The highest BCUT2D eigenvalue weighted by molar-refractivity contribution is 5.98. The van der Waals surface area contributed by atoms with Gasteiger partial charge in [-0.1, -0.05) is 24.3 Å². The highest BCUT2D eigenvalue weighted by atomic mass is 16.5. The number of urea groups is 1. The second-order valence-corrected chi connectivity index (χ2v) is 10.2. The smallest absolute Gasteiger partial charge is 0.320 e. The molecule has 204 valence electrons. The topological polar surface area (TPSA) is 100 Å². The number of rotatable bonds is 9. The largest absolute Gasteiger partial charge is 0.378 e. The maximum atomic E-state index is 13.3. The van der Waals surface area contributed by atoms with Crippen molar-refractivity contribution in [2.45, 2.75) is 25.8 Å². The van der Waals surface area contributed by atoms with Crippen LogP contribution in [0.25, 0.3) is 11.1 Å². The Balaban J connectivity index is 1.37. The molecule has 0 bridgehead atoms. The Morgan fingerprint density at radius 2 is 1.66 bits per heavy atom. The van der Waals surface area contributed by atoms with Gasteiger partial charge >= 0.3 is 6.03 Å². The van der Waals surface area contributed by atoms with Gasteiger partial charge in [0.1, 0.15) is 0 Å². The first-order valence-electron chi connectivity index (χ1n) is 13.8. The first-order chi connectivity index (χ1) is 18.6. The van der Waals surface area contributed by atoms with Crippen molar-refractivity contribution >= 4 is 23.3 Å². The molecule has 2 aliphatic heterocycles. The van der Waals surface area contributed by atoms with Gasteiger partial charge in [-0.2, -0.15) is 0 Å². The molecule has 0 atom stereocenters. The van der Waals surface area contributed by atoms with Crippen molar-refractivity contribution in [2.75, 3.05) is 75.9 Å². The fourth-order valence-corrected chi connectivity index (χ4v) is 5.02. The van der Waals surface area contributed by atoms with Gasteiger partial charge in [-0.25, -0.2) is 4.79 Å². The van der Waals surface area contributed by atoms with Crippen molar-refractivity contribution in [2.24, 2.45) is 11.7 Å². The van der Waals surface area contributed by atoms with E-state index in [0.29, 0.717) is 59.2 Å². The van der Waals surface area contributed by atoms with E-state index in [4.69, 9.17) is 15.2 Å². The molecule has 0 spiro atoms. The van der Waals surface area contributed by atoms with Gasteiger partial charge in [-0.15, -0.1) is 0 Å². The molecule has 2 aromatic carbocycles. The summed E-state index contributed by atoms with van der Waals surface area (Å²) in [6, 6.07) is 14.6. The van der Waals surface area contributed by atoms with Crippen LogP contribution in [0.15, 0.2) is 42.5 Å². The maximum absolute atomic E-state index is 13.3. The Labute approximate surface area is 224 Å². The molecule has 0 unspecified atom stereocenters. The van der Waals surface area contributed by atoms with Crippen molar-refractivity contribution in [1.82, 2.24) is 9.80 Å². The summed E-state index contributed by atoms with van der Waals surface area (Å²) in [5.41, 5.74) is 10.8. The zero-order valence-electron chi connectivity index (χ0n) is 22.1. The van der Waals surface area contributed by atoms with Gasteiger partial charge in [-0.05, 0) is 60.7 Å². The molecule has 9 heteroatoms. The Bertz CT molecular complexity index is 1110. The summed E-state index contributed by atoms with van der Waals surface area (Å²) < 4.78 is 11.0. The molecule has 0 aromatic heterocycles. The van der Waals surface area contributed by atoms with Gasteiger partial charge in [0.15, 0.2) is 0 Å². The van der Waals surface area contributed by atoms with Crippen molar-refractivity contribution < 1.29 is 19.1 Å². The molecule has 3 N–H and O–H groups in total. The van der Waals surface area contributed by atoms with E-state index < -0.39 is 0 Å². The number of amides is 3. The summed E-state index contributed by atoms with van der Waals surface area (Å²) in [6.07, 6.45) is 2.68. The number of benzene rings is 2. The van der Waals surface area contributed by atoms with Gasteiger partial charge in [0, 0.05) is 45.2 Å². The number of nitrogens with zero attached hydrogens (tertiary/aromatic N) is 3. The van der Waals surface area contributed by atoms with E-state index in [2.05, 4.69) is 46.6 Å².